The van der Waals surface area contributed by atoms with Crippen LogP contribution in [0.25, 0.3) is 0 Å². The summed E-state index contributed by atoms with van der Waals surface area (Å²) in [5, 5.41) is 3.70. The monoisotopic (exact) mass is 294 g/mol. The normalized spacial score (nSPS) is 40.3. The van der Waals surface area contributed by atoms with Crippen molar-refractivity contribution in [2.24, 2.45) is 5.92 Å². The van der Waals surface area contributed by atoms with Crippen LogP contribution in [0.3, 0.4) is 0 Å². The van der Waals surface area contributed by atoms with Gasteiger partial charge in [0.15, 0.2) is 5.79 Å². The summed E-state index contributed by atoms with van der Waals surface area (Å²) in [7, 11) is 0. The third kappa shape index (κ3) is 3.14. The Morgan fingerprint density at radius 1 is 1.10 bits per heavy atom. The van der Waals surface area contributed by atoms with Gasteiger partial charge in [0.2, 0.25) is 0 Å². The summed E-state index contributed by atoms with van der Waals surface area (Å²) < 4.78 is 12.3. The quantitative estimate of drug-likeness (QED) is 0.864. The molecule has 4 heteroatoms. The molecule has 21 heavy (non-hydrogen) atoms. The average molecular weight is 294 g/mol. The van der Waals surface area contributed by atoms with Gasteiger partial charge in [0, 0.05) is 32.0 Å². The summed E-state index contributed by atoms with van der Waals surface area (Å²) in [6.07, 6.45) is 10.6. The van der Waals surface area contributed by atoms with Crippen LogP contribution < -0.4 is 5.32 Å². The highest BCUT2D eigenvalue weighted by Gasteiger charge is 2.44. The van der Waals surface area contributed by atoms with Gasteiger partial charge in [0.25, 0.3) is 0 Å². The molecule has 3 unspecified atom stereocenters. The zero-order chi connectivity index (χ0) is 14.1. The van der Waals surface area contributed by atoms with Crippen LogP contribution >= 0.6 is 0 Å². The Kier molecular flexibility index (Phi) is 4.23. The fourth-order valence-electron chi connectivity index (χ4n) is 4.87. The van der Waals surface area contributed by atoms with Gasteiger partial charge in [-0.2, -0.15) is 0 Å². The molecule has 4 aliphatic rings. The summed E-state index contributed by atoms with van der Waals surface area (Å²) in [6.45, 7) is 5.61. The Hall–Kier alpha value is -0.160. The van der Waals surface area contributed by atoms with Crippen molar-refractivity contribution in [1.29, 1.82) is 0 Å². The van der Waals surface area contributed by atoms with E-state index in [0.717, 1.165) is 38.0 Å². The fraction of sp³-hybridized carbons (Fsp3) is 1.00. The van der Waals surface area contributed by atoms with E-state index in [2.05, 4.69) is 10.2 Å². The highest BCUT2D eigenvalue weighted by molar-refractivity contribution is 4.89. The fourth-order valence-corrected chi connectivity index (χ4v) is 4.87. The van der Waals surface area contributed by atoms with Crippen LogP contribution in [-0.2, 0) is 9.47 Å². The van der Waals surface area contributed by atoms with Gasteiger partial charge in [0.1, 0.15) is 0 Å². The number of piperidine rings is 1. The van der Waals surface area contributed by atoms with Crippen LogP contribution in [0.15, 0.2) is 0 Å². The number of rotatable bonds is 3. The molecule has 1 saturated carbocycles. The van der Waals surface area contributed by atoms with Gasteiger partial charge >= 0.3 is 0 Å². The first-order valence-electron chi connectivity index (χ1n) is 9.11. The minimum atomic E-state index is -0.188. The summed E-state index contributed by atoms with van der Waals surface area (Å²) in [4.78, 5) is 2.64. The van der Waals surface area contributed by atoms with E-state index in [1.807, 2.05) is 0 Å². The highest BCUT2D eigenvalue weighted by atomic mass is 16.7. The maximum Gasteiger partial charge on any atom is 0.168 e. The lowest BCUT2D eigenvalue weighted by atomic mass is 9.89. The van der Waals surface area contributed by atoms with Gasteiger partial charge in [0.05, 0.1) is 12.7 Å². The summed E-state index contributed by atoms with van der Waals surface area (Å²) in [5.41, 5.74) is 0. The minimum Gasteiger partial charge on any atom is -0.347 e. The summed E-state index contributed by atoms with van der Waals surface area (Å²) >= 11 is 0. The second-order valence-corrected chi connectivity index (χ2v) is 7.53. The molecular weight excluding hydrogens is 264 g/mol. The van der Waals surface area contributed by atoms with Gasteiger partial charge in [-0.25, -0.2) is 0 Å². The van der Waals surface area contributed by atoms with Gasteiger partial charge < -0.3 is 19.7 Å². The highest BCUT2D eigenvalue weighted by Crippen LogP contribution is 2.39. The van der Waals surface area contributed by atoms with Crippen LogP contribution in [0.2, 0.25) is 0 Å². The first-order chi connectivity index (χ1) is 10.3. The summed E-state index contributed by atoms with van der Waals surface area (Å²) in [5.74, 6) is 0.663. The predicted octanol–water partition coefficient (Wildman–Crippen LogP) is 2.14. The molecular formula is C17H30N2O2. The molecule has 4 fully saturated rings. The van der Waals surface area contributed by atoms with E-state index >= 15 is 0 Å². The van der Waals surface area contributed by atoms with Crippen molar-refractivity contribution in [2.75, 3.05) is 32.8 Å². The molecule has 3 heterocycles. The second-order valence-electron chi connectivity index (χ2n) is 7.53. The largest absolute Gasteiger partial charge is 0.347 e. The van der Waals surface area contributed by atoms with Crippen molar-refractivity contribution in [3.63, 3.8) is 0 Å². The maximum absolute atomic E-state index is 6.29. The van der Waals surface area contributed by atoms with Crippen LogP contribution in [0.4, 0.5) is 0 Å². The van der Waals surface area contributed by atoms with Crippen molar-refractivity contribution in [1.82, 2.24) is 10.2 Å². The Labute approximate surface area is 128 Å². The summed E-state index contributed by atoms with van der Waals surface area (Å²) in [6, 6.07) is 0.773. The minimum absolute atomic E-state index is 0.188. The zero-order valence-electron chi connectivity index (χ0n) is 13.2. The molecule has 4 rings (SSSR count). The molecule has 0 amide bonds. The molecule has 0 aromatic rings. The molecule has 0 bridgehead atoms. The van der Waals surface area contributed by atoms with Crippen LogP contribution in [-0.4, -0.2) is 55.6 Å². The van der Waals surface area contributed by atoms with Crippen molar-refractivity contribution in [3.05, 3.63) is 0 Å². The van der Waals surface area contributed by atoms with Crippen molar-refractivity contribution >= 4 is 0 Å². The van der Waals surface area contributed by atoms with E-state index in [1.54, 1.807) is 0 Å². The third-order valence-corrected chi connectivity index (χ3v) is 5.95. The molecule has 1 aliphatic carbocycles. The Morgan fingerprint density at radius 3 is 2.81 bits per heavy atom. The first kappa shape index (κ1) is 14.4. The molecule has 0 radical (unpaired) electrons. The number of hydrogen-bond acceptors (Lipinski definition) is 4. The number of likely N-dealkylation sites (tertiary alicyclic amines) is 1. The topological polar surface area (TPSA) is 33.7 Å². The van der Waals surface area contributed by atoms with Crippen LogP contribution in [0.1, 0.15) is 51.4 Å². The van der Waals surface area contributed by atoms with E-state index < -0.39 is 0 Å². The standard InChI is InChI=1S/C17H30N2O2/c1-2-8-17(7-1)20-13-15(21-17)12-19-10-4-5-14(11-19)16-6-3-9-18-16/h14-16,18H,1-13H2. The predicted molar refractivity (Wildman–Crippen MR) is 82.2 cm³/mol. The number of nitrogens with zero attached hydrogens (tertiary/aromatic N) is 1. The molecule has 3 saturated heterocycles. The van der Waals surface area contributed by atoms with Gasteiger partial charge in [-0.15, -0.1) is 0 Å². The lowest BCUT2D eigenvalue weighted by Crippen LogP contribution is -2.46. The molecule has 3 aliphatic heterocycles. The molecule has 4 nitrogen and oxygen atoms in total. The average Bonchev–Trinajstić information content (AvgIpc) is 3.24. The van der Waals surface area contributed by atoms with Crippen LogP contribution in [0.5, 0.6) is 0 Å². The SMILES string of the molecule is C1CNC(C2CCCN(CC3COC4(CCCC4)O3)C2)C1. The van der Waals surface area contributed by atoms with E-state index in [4.69, 9.17) is 9.47 Å². The lowest BCUT2D eigenvalue weighted by Gasteiger charge is -2.36. The Bertz CT molecular complexity index is 351. The van der Waals surface area contributed by atoms with Crippen LogP contribution in [0, 0.1) is 5.92 Å². The van der Waals surface area contributed by atoms with E-state index in [1.165, 1.54) is 58.2 Å². The van der Waals surface area contributed by atoms with E-state index in [-0.39, 0.29) is 5.79 Å². The molecule has 120 valence electrons. The number of ether oxygens (including phenoxy) is 2. The van der Waals surface area contributed by atoms with E-state index in [9.17, 15) is 0 Å². The van der Waals surface area contributed by atoms with Gasteiger partial charge in [-0.3, -0.25) is 0 Å². The molecule has 1 N–H and O–H groups in total. The van der Waals surface area contributed by atoms with Gasteiger partial charge in [-0.1, -0.05) is 0 Å². The van der Waals surface area contributed by atoms with Gasteiger partial charge in [-0.05, 0) is 57.5 Å². The number of hydrogen-bond donors (Lipinski definition) is 1. The molecule has 0 aromatic heterocycles. The molecule has 3 atom stereocenters. The third-order valence-electron chi connectivity index (χ3n) is 5.95. The first-order valence-corrected chi connectivity index (χ1v) is 9.11. The van der Waals surface area contributed by atoms with Crippen molar-refractivity contribution in [3.8, 4) is 0 Å². The molecule has 1 spiro atoms. The van der Waals surface area contributed by atoms with Crippen molar-refractivity contribution < 1.29 is 9.47 Å². The second kappa shape index (κ2) is 6.15. The lowest BCUT2D eigenvalue weighted by molar-refractivity contribution is -0.163. The van der Waals surface area contributed by atoms with E-state index in [0.29, 0.717) is 6.10 Å². The Balaban J connectivity index is 1.28. The number of nitrogens with one attached hydrogen (secondary N) is 1. The Morgan fingerprint density at radius 2 is 2.00 bits per heavy atom. The van der Waals surface area contributed by atoms with Crippen molar-refractivity contribution in [2.45, 2.75) is 69.3 Å². The zero-order valence-corrected chi connectivity index (χ0v) is 13.2. The molecule has 0 aromatic carbocycles. The smallest absolute Gasteiger partial charge is 0.168 e. The maximum atomic E-state index is 6.29.